The maximum Gasteiger partial charge on any atom is 0.329 e. The summed E-state index contributed by atoms with van der Waals surface area (Å²) in [5, 5.41) is 6.08. The standard InChI is InChI=1S/C15H10BrClFN3O2/c16-10-4-1-2-7-13(10)20-14(22)15(23)21-19-8-9-11(17)5-3-6-12(9)18/h1-8H,(H,20,22)(H,21,23)/b19-8+. The van der Waals surface area contributed by atoms with Crippen molar-refractivity contribution in [3.8, 4) is 0 Å². The lowest BCUT2D eigenvalue weighted by molar-refractivity contribution is -0.136. The van der Waals surface area contributed by atoms with Crippen LogP contribution in [0.25, 0.3) is 0 Å². The summed E-state index contributed by atoms with van der Waals surface area (Å²) in [6.07, 6.45) is 1.03. The van der Waals surface area contributed by atoms with Gasteiger partial charge in [0.05, 0.1) is 16.9 Å². The average molecular weight is 399 g/mol. The van der Waals surface area contributed by atoms with Gasteiger partial charge in [-0.2, -0.15) is 5.10 Å². The van der Waals surface area contributed by atoms with E-state index >= 15 is 0 Å². The summed E-state index contributed by atoms with van der Waals surface area (Å²) in [6.45, 7) is 0. The molecule has 0 heterocycles. The first kappa shape index (κ1) is 17.1. The van der Waals surface area contributed by atoms with Gasteiger partial charge in [-0.15, -0.1) is 0 Å². The van der Waals surface area contributed by atoms with Crippen LogP contribution in [0.2, 0.25) is 5.02 Å². The summed E-state index contributed by atoms with van der Waals surface area (Å²) in [5.74, 6) is -2.49. The number of nitrogens with zero attached hydrogens (tertiary/aromatic N) is 1. The second-order valence-electron chi connectivity index (χ2n) is 4.27. The van der Waals surface area contributed by atoms with Crippen molar-refractivity contribution < 1.29 is 14.0 Å². The van der Waals surface area contributed by atoms with Crippen LogP contribution in [0.4, 0.5) is 10.1 Å². The highest BCUT2D eigenvalue weighted by Crippen LogP contribution is 2.21. The highest BCUT2D eigenvalue weighted by atomic mass is 79.9. The van der Waals surface area contributed by atoms with E-state index in [4.69, 9.17) is 11.6 Å². The van der Waals surface area contributed by atoms with Crippen LogP contribution in [0.1, 0.15) is 5.56 Å². The highest BCUT2D eigenvalue weighted by molar-refractivity contribution is 9.10. The monoisotopic (exact) mass is 397 g/mol. The second-order valence-corrected chi connectivity index (χ2v) is 5.53. The van der Waals surface area contributed by atoms with Crippen LogP contribution in [-0.2, 0) is 9.59 Å². The Hall–Kier alpha value is -2.25. The molecular weight excluding hydrogens is 389 g/mol. The minimum absolute atomic E-state index is 0.0145. The van der Waals surface area contributed by atoms with Crippen molar-refractivity contribution in [2.24, 2.45) is 5.10 Å². The molecule has 0 bridgehead atoms. The number of hydrazone groups is 1. The van der Waals surface area contributed by atoms with E-state index in [9.17, 15) is 14.0 Å². The van der Waals surface area contributed by atoms with E-state index in [1.165, 1.54) is 18.2 Å². The van der Waals surface area contributed by atoms with Crippen molar-refractivity contribution in [1.29, 1.82) is 0 Å². The molecule has 2 amide bonds. The number of para-hydroxylation sites is 1. The minimum atomic E-state index is -0.996. The fraction of sp³-hybridized carbons (Fsp3) is 0. The number of benzene rings is 2. The lowest BCUT2D eigenvalue weighted by Crippen LogP contribution is -2.32. The molecule has 8 heteroatoms. The van der Waals surface area contributed by atoms with Gasteiger partial charge >= 0.3 is 11.8 Å². The zero-order valence-electron chi connectivity index (χ0n) is 11.5. The van der Waals surface area contributed by atoms with Crippen LogP contribution in [0.15, 0.2) is 52.0 Å². The van der Waals surface area contributed by atoms with E-state index in [1.54, 1.807) is 24.3 Å². The van der Waals surface area contributed by atoms with Gasteiger partial charge < -0.3 is 5.32 Å². The molecule has 0 unspecified atom stereocenters. The van der Waals surface area contributed by atoms with E-state index < -0.39 is 17.6 Å². The quantitative estimate of drug-likeness (QED) is 0.473. The van der Waals surface area contributed by atoms with E-state index in [1.807, 2.05) is 5.43 Å². The van der Waals surface area contributed by atoms with E-state index in [0.29, 0.717) is 10.2 Å². The van der Waals surface area contributed by atoms with Crippen molar-refractivity contribution in [3.63, 3.8) is 0 Å². The molecule has 0 radical (unpaired) electrons. The van der Waals surface area contributed by atoms with Crippen LogP contribution in [0.3, 0.4) is 0 Å². The number of nitrogens with one attached hydrogen (secondary N) is 2. The number of carbonyl (C=O) groups excluding carboxylic acids is 2. The van der Waals surface area contributed by atoms with Gasteiger partial charge in [0.15, 0.2) is 0 Å². The Morgan fingerprint density at radius 2 is 1.87 bits per heavy atom. The molecule has 118 valence electrons. The third-order valence-electron chi connectivity index (χ3n) is 2.69. The maximum atomic E-state index is 13.5. The predicted molar refractivity (Wildman–Crippen MR) is 89.9 cm³/mol. The summed E-state index contributed by atoms with van der Waals surface area (Å²) >= 11 is 9.04. The molecular formula is C15H10BrClFN3O2. The topological polar surface area (TPSA) is 70.6 Å². The van der Waals surface area contributed by atoms with Crippen molar-refractivity contribution >= 4 is 51.2 Å². The van der Waals surface area contributed by atoms with E-state index in [0.717, 1.165) is 6.21 Å². The molecule has 0 spiro atoms. The minimum Gasteiger partial charge on any atom is -0.317 e. The van der Waals surface area contributed by atoms with Gasteiger partial charge in [-0.05, 0) is 40.2 Å². The van der Waals surface area contributed by atoms with Gasteiger partial charge in [0.1, 0.15) is 5.82 Å². The van der Waals surface area contributed by atoms with Crippen molar-refractivity contribution in [3.05, 3.63) is 63.3 Å². The molecule has 0 saturated heterocycles. The van der Waals surface area contributed by atoms with Gasteiger partial charge in [-0.3, -0.25) is 9.59 Å². The van der Waals surface area contributed by atoms with E-state index in [2.05, 4.69) is 26.3 Å². The summed E-state index contributed by atoms with van der Waals surface area (Å²) in [7, 11) is 0. The van der Waals surface area contributed by atoms with Gasteiger partial charge in [0.2, 0.25) is 0 Å². The van der Waals surface area contributed by atoms with Crippen LogP contribution < -0.4 is 10.7 Å². The fourth-order valence-corrected chi connectivity index (χ4v) is 2.18. The number of rotatable bonds is 3. The Labute approximate surface area is 144 Å². The summed E-state index contributed by atoms with van der Waals surface area (Å²) < 4.78 is 14.1. The molecule has 0 aromatic heterocycles. The molecule has 2 rings (SSSR count). The Bertz CT molecular complexity index is 763. The van der Waals surface area contributed by atoms with Crippen LogP contribution >= 0.6 is 27.5 Å². The number of carbonyl (C=O) groups is 2. The predicted octanol–water partition coefficient (Wildman–Crippen LogP) is 3.33. The summed E-state index contributed by atoms with van der Waals surface area (Å²) in [5.41, 5.74) is 2.46. The maximum absolute atomic E-state index is 13.5. The summed E-state index contributed by atoms with van der Waals surface area (Å²) in [6, 6.07) is 10.9. The number of halogens is 3. The van der Waals surface area contributed by atoms with Crippen LogP contribution in [0, 0.1) is 5.82 Å². The smallest absolute Gasteiger partial charge is 0.317 e. The molecule has 0 fully saturated rings. The number of hydrogen-bond acceptors (Lipinski definition) is 3. The molecule has 0 saturated carbocycles. The van der Waals surface area contributed by atoms with Gasteiger partial charge in [-0.25, -0.2) is 9.82 Å². The normalized spacial score (nSPS) is 10.6. The van der Waals surface area contributed by atoms with Gasteiger partial charge in [0, 0.05) is 10.0 Å². The second kappa shape index (κ2) is 7.85. The number of anilines is 1. The lowest BCUT2D eigenvalue weighted by atomic mass is 10.2. The molecule has 0 aliphatic rings. The molecule has 0 aliphatic carbocycles. The highest BCUT2D eigenvalue weighted by Gasteiger charge is 2.14. The Kier molecular flexibility index (Phi) is 5.84. The fourth-order valence-electron chi connectivity index (χ4n) is 1.58. The zero-order valence-corrected chi connectivity index (χ0v) is 13.9. The third kappa shape index (κ3) is 4.61. The van der Waals surface area contributed by atoms with Crippen molar-refractivity contribution in [2.75, 3.05) is 5.32 Å². The summed E-state index contributed by atoms with van der Waals surface area (Å²) in [4.78, 5) is 23.4. The van der Waals surface area contributed by atoms with Gasteiger partial charge in [0.25, 0.3) is 0 Å². The average Bonchev–Trinajstić information content (AvgIpc) is 2.52. The first-order valence-electron chi connectivity index (χ1n) is 6.32. The number of amides is 2. The Morgan fingerprint density at radius 1 is 1.13 bits per heavy atom. The van der Waals surface area contributed by atoms with Crippen molar-refractivity contribution in [1.82, 2.24) is 5.43 Å². The molecule has 5 nitrogen and oxygen atoms in total. The molecule has 2 aromatic rings. The molecule has 23 heavy (non-hydrogen) atoms. The van der Waals surface area contributed by atoms with Gasteiger partial charge in [-0.1, -0.05) is 29.8 Å². The molecule has 0 atom stereocenters. The Morgan fingerprint density at radius 3 is 2.57 bits per heavy atom. The van der Waals surface area contributed by atoms with Crippen LogP contribution in [-0.4, -0.2) is 18.0 Å². The lowest BCUT2D eigenvalue weighted by Gasteiger charge is -2.05. The van der Waals surface area contributed by atoms with E-state index in [-0.39, 0.29) is 10.6 Å². The largest absolute Gasteiger partial charge is 0.329 e. The zero-order chi connectivity index (χ0) is 16.8. The van der Waals surface area contributed by atoms with Crippen LogP contribution in [0.5, 0.6) is 0 Å². The molecule has 2 aromatic carbocycles. The van der Waals surface area contributed by atoms with Crippen molar-refractivity contribution in [2.45, 2.75) is 0 Å². The first-order chi connectivity index (χ1) is 11.0. The third-order valence-corrected chi connectivity index (χ3v) is 3.71. The Balaban J connectivity index is 1.98. The SMILES string of the molecule is O=C(N/N=C/c1c(F)cccc1Cl)C(=O)Nc1ccccc1Br. The first-order valence-corrected chi connectivity index (χ1v) is 7.49. The number of hydrogen-bond donors (Lipinski definition) is 2. The molecule has 0 aliphatic heterocycles. The molecule has 2 N–H and O–H groups in total.